The molecule has 10 heteroatoms. The quantitative estimate of drug-likeness (QED) is 0.313. The van der Waals surface area contributed by atoms with Gasteiger partial charge in [-0.3, -0.25) is 0 Å². The van der Waals surface area contributed by atoms with Crippen LogP contribution in [0.2, 0.25) is 0 Å². The summed E-state index contributed by atoms with van der Waals surface area (Å²) in [6.45, 7) is 0. The van der Waals surface area contributed by atoms with Crippen LogP contribution in [0.25, 0.3) is 11.4 Å². The topological polar surface area (TPSA) is 79.1 Å². The Balaban J connectivity index is 0.000000156. The third kappa shape index (κ3) is 3.73. The fraction of sp³-hybridized carbons (Fsp3) is 0.167. The van der Waals surface area contributed by atoms with Crippen molar-refractivity contribution < 1.29 is 21.1 Å². The molecule has 5 rings (SSSR count). The van der Waals surface area contributed by atoms with Gasteiger partial charge in [0.25, 0.3) is 0 Å². The Morgan fingerprint density at radius 2 is 1.36 bits per heavy atom. The van der Waals surface area contributed by atoms with Gasteiger partial charge in [0.05, 0.1) is 0 Å². The summed E-state index contributed by atoms with van der Waals surface area (Å²) in [6.07, 6.45) is 14.5. The molecule has 0 N–H and O–H groups in total. The van der Waals surface area contributed by atoms with E-state index in [0.717, 1.165) is 0 Å². The molecule has 28 heavy (non-hydrogen) atoms. The average molecular weight is 556 g/mol. The van der Waals surface area contributed by atoms with E-state index in [1.54, 1.807) is 46.3 Å². The number of aryl methyl sites for hydroxylation is 2. The summed E-state index contributed by atoms with van der Waals surface area (Å²) in [6, 6.07) is 9.89. The minimum absolute atomic E-state index is 0. The number of nitrogens with zero attached hydrogens (tertiary/aromatic N) is 9. The number of rotatable bonds is 2. The molecule has 0 unspecified atom stereocenters. The van der Waals surface area contributed by atoms with Crippen molar-refractivity contribution in [2.24, 2.45) is 14.1 Å². The van der Waals surface area contributed by atoms with Crippen molar-refractivity contribution in [2.45, 2.75) is 6.17 Å². The van der Waals surface area contributed by atoms with Crippen LogP contribution in [0.3, 0.4) is 0 Å². The minimum Gasteiger partial charge on any atom is -0.454 e. The van der Waals surface area contributed by atoms with Crippen molar-refractivity contribution in [3.05, 3.63) is 74.1 Å². The molecule has 0 amide bonds. The largest absolute Gasteiger partial charge is 2.00 e. The molecular weight excluding hydrogens is 537 g/mol. The van der Waals surface area contributed by atoms with Gasteiger partial charge in [-0.15, -0.1) is 24.5 Å². The molecule has 0 atom stereocenters. The Hall–Kier alpha value is -3.24. The van der Waals surface area contributed by atoms with Gasteiger partial charge in [-0.05, 0) is 38.9 Å². The molecule has 3 aliphatic rings. The van der Waals surface area contributed by atoms with E-state index in [1.807, 2.05) is 14.1 Å². The first-order valence-electron chi connectivity index (χ1n) is 8.37. The van der Waals surface area contributed by atoms with Gasteiger partial charge in [0.15, 0.2) is 0 Å². The van der Waals surface area contributed by atoms with Crippen LogP contribution in [-0.4, -0.2) is 38.1 Å². The van der Waals surface area contributed by atoms with E-state index >= 15 is 0 Å². The normalized spacial score (nSPS) is 10.5. The maximum Gasteiger partial charge on any atom is 2.00 e. The summed E-state index contributed by atoms with van der Waals surface area (Å²) < 4.78 is 11.4. The van der Waals surface area contributed by atoms with Gasteiger partial charge in [-0.25, -0.2) is 9.36 Å². The summed E-state index contributed by atoms with van der Waals surface area (Å²) in [7, 11) is 4.06. The third-order valence-electron chi connectivity index (χ3n) is 4.11. The van der Waals surface area contributed by atoms with Crippen LogP contribution in [0.15, 0.2) is 74.1 Å². The van der Waals surface area contributed by atoms with Gasteiger partial charge >= 0.3 is 21.1 Å². The number of aromatic nitrogens is 8. The maximum atomic E-state index is 8.90. The molecule has 5 heterocycles. The van der Waals surface area contributed by atoms with Gasteiger partial charge in [0.1, 0.15) is 6.07 Å². The van der Waals surface area contributed by atoms with Crippen molar-refractivity contribution in [1.29, 1.82) is 5.26 Å². The molecule has 0 saturated carbocycles. The summed E-state index contributed by atoms with van der Waals surface area (Å²) in [5.74, 6) is 0. The predicted molar refractivity (Wildman–Crippen MR) is 98.7 cm³/mol. The monoisotopic (exact) mass is 556 g/mol. The zero-order chi connectivity index (χ0) is 18.8. The van der Waals surface area contributed by atoms with E-state index in [4.69, 9.17) is 5.26 Å². The summed E-state index contributed by atoms with van der Waals surface area (Å²) >= 11 is 0. The summed E-state index contributed by atoms with van der Waals surface area (Å²) in [5.41, 5.74) is 2.38. The molecule has 0 aliphatic carbocycles. The van der Waals surface area contributed by atoms with E-state index in [2.05, 4.69) is 71.9 Å². The second kappa shape index (κ2) is 8.19. The fourth-order valence-corrected chi connectivity index (χ4v) is 2.94. The molecule has 9 nitrogen and oxygen atoms in total. The van der Waals surface area contributed by atoms with Crippen molar-refractivity contribution in [1.82, 2.24) is 38.1 Å². The van der Waals surface area contributed by atoms with Crippen LogP contribution < -0.4 is 0 Å². The summed E-state index contributed by atoms with van der Waals surface area (Å²) in [5, 5.41) is 16.9. The van der Waals surface area contributed by atoms with Gasteiger partial charge in [-0.2, -0.15) is 15.5 Å². The van der Waals surface area contributed by atoms with Gasteiger partial charge in [0.2, 0.25) is 6.17 Å². The van der Waals surface area contributed by atoms with Gasteiger partial charge < -0.3 is 18.5 Å². The number of fused-ring (bicyclic) bond motifs is 3. The van der Waals surface area contributed by atoms with Crippen molar-refractivity contribution in [2.75, 3.05) is 0 Å². The van der Waals surface area contributed by atoms with E-state index in [0.29, 0.717) is 0 Å². The van der Waals surface area contributed by atoms with Crippen LogP contribution in [0.5, 0.6) is 0 Å². The molecule has 0 saturated heterocycles. The Kier molecular flexibility index (Phi) is 5.71. The Morgan fingerprint density at radius 3 is 1.71 bits per heavy atom. The molecule has 2 aromatic rings. The first-order chi connectivity index (χ1) is 13.2. The van der Waals surface area contributed by atoms with E-state index in [9.17, 15) is 0 Å². The van der Waals surface area contributed by atoms with Gasteiger partial charge in [-0.1, -0.05) is 11.4 Å². The first kappa shape index (κ1) is 19.5. The van der Waals surface area contributed by atoms with Crippen molar-refractivity contribution in [3.63, 3.8) is 0 Å². The number of hydrogen-bond acceptors (Lipinski definition) is 3. The molecule has 0 aromatic carbocycles. The second-order valence-corrected chi connectivity index (χ2v) is 6.17. The standard InChI is InChI=1S/C10H12N4.C8H7N5.Pt/c1-11-5-9-3-4-10-6-12(2)8-14(10)13(9)7-11;9-7-8(12-5-1-3-10-12)13-6-2-4-11-13;/h3-8H,1-2H3;1-6,8H;/q-2;;+2. The Labute approximate surface area is 176 Å². The molecule has 0 fully saturated rings. The van der Waals surface area contributed by atoms with Crippen LogP contribution in [0.1, 0.15) is 6.17 Å². The molecule has 0 bridgehead atoms. The SMILES string of the molecule is Cn1cc2ccc3cn(C)[cH-]n-3n-2[cH-]1.N#CC(n1cccn1)n1cccn1.[Pt+2]. The molecule has 0 radical (unpaired) electrons. The zero-order valence-corrected chi connectivity index (χ0v) is 17.6. The van der Waals surface area contributed by atoms with E-state index in [-0.39, 0.29) is 21.1 Å². The van der Waals surface area contributed by atoms with Crippen LogP contribution in [-0.2, 0) is 35.2 Å². The van der Waals surface area contributed by atoms with Gasteiger partial charge in [0, 0.05) is 24.8 Å². The van der Waals surface area contributed by atoms with Crippen LogP contribution in [0.4, 0.5) is 0 Å². The molecule has 146 valence electrons. The average Bonchev–Trinajstić information content (AvgIpc) is 3.42. The van der Waals surface area contributed by atoms with Crippen molar-refractivity contribution >= 4 is 0 Å². The number of hydrogen-bond donors (Lipinski definition) is 0. The van der Waals surface area contributed by atoms with Crippen molar-refractivity contribution in [3.8, 4) is 17.4 Å². The molecule has 0 spiro atoms. The maximum absolute atomic E-state index is 8.90. The number of nitriles is 1. The minimum atomic E-state index is -0.495. The van der Waals surface area contributed by atoms with Crippen LogP contribution >= 0.6 is 0 Å². The van der Waals surface area contributed by atoms with Crippen LogP contribution in [0, 0.1) is 11.3 Å². The van der Waals surface area contributed by atoms with E-state index in [1.165, 1.54) is 11.4 Å². The zero-order valence-electron chi connectivity index (χ0n) is 15.3. The smallest absolute Gasteiger partial charge is 0.454 e. The van der Waals surface area contributed by atoms with E-state index < -0.39 is 6.17 Å². The number of imidazole rings is 2. The Morgan fingerprint density at radius 1 is 0.893 bits per heavy atom. The molecular formula is C18H19N9Pt. The third-order valence-corrected chi connectivity index (χ3v) is 4.11. The first-order valence-corrected chi connectivity index (χ1v) is 8.37. The Bertz CT molecular complexity index is 1030. The molecule has 2 aromatic heterocycles. The molecule has 3 aliphatic heterocycles. The fourth-order valence-electron chi connectivity index (χ4n) is 2.94. The summed E-state index contributed by atoms with van der Waals surface area (Å²) in [4.78, 5) is 0. The second-order valence-electron chi connectivity index (χ2n) is 6.17. The predicted octanol–water partition coefficient (Wildman–Crippen LogP) is 2.03.